The Morgan fingerprint density at radius 1 is 1.00 bits per heavy atom. The molecule has 0 aromatic heterocycles. The van der Waals surface area contributed by atoms with E-state index in [1.165, 1.54) is 10.6 Å². The summed E-state index contributed by atoms with van der Waals surface area (Å²) in [6, 6.07) is 14.7. The van der Waals surface area contributed by atoms with Gasteiger partial charge >= 0.3 is 0 Å². The van der Waals surface area contributed by atoms with Crippen LogP contribution >= 0.6 is 0 Å². The first-order chi connectivity index (χ1) is 17.1. The van der Waals surface area contributed by atoms with Gasteiger partial charge in [-0.15, -0.1) is 0 Å². The largest absolute Gasteiger partial charge is 0.354 e. The van der Waals surface area contributed by atoms with Crippen LogP contribution in [0.15, 0.2) is 48.5 Å². The van der Waals surface area contributed by atoms with Gasteiger partial charge in [-0.3, -0.25) is 13.9 Å². The number of benzene rings is 2. The topological polar surface area (TPSA) is 86.8 Å². The SMILES string of the molecule is CCCNC(=O)[C@H](CC)N(Cc1ccccc1C)C(=O)CCCN(c1ccc(CC)cc1)S(C)(=O)=O. The van der Waals surface area contributed by atoms with E-state index in [1.807, 2.05) is 64.1 Å². The Morgan fingerprint density at radius 2 is 1.67 bits per heavy atom. The minimum Gasteiger partial charge on any atom is -0.354 e. The molecule has 0 bridgehead atoms. The molecule has 1 atom stereocenters. The third-order valence-corrected chi connectivity index (χ3v) is 7.52. The Morgan fingerprint density at radius 3 is 2.22 bits per heavy atom. The number of hydrogen-bond acceptors (Lipinski definition) is 4. The molecule has 198 valence electrons. The van der Waals surface area contributed by atoms with Crippen LogP contribution in [0.25, 0.3) is 0 Å². The van der Waals surface area contributed by atoms with Gasteiger partial charge in [-0.05, 0) is 61.4 Å². The zero-order valence-electron chi connectivity index (χ0n) is 22.3. The summed E-state index contributed by atoms with van der Waals surface area (Å²) < 4.78 is 26.3. The highest BCUT2D eigenvalue weighted by molar-refractivity contribution is 7.92. The van der Waals surface area contributed by atoms with Crippen molar-refractivity contribution >= 4 is 27.5 Å². The lowest BCUT2D eigenvalue weighted by Gasteiger charge is -2.31. The molecule has 36 heavy (non-hydrogen) atoms. The summed E-state index contributed by atoms with van der Waals surface area (Å²) in [6.07, 6.45) is 3.84. The van der Waals surface area contributed by atoms with E-state index in [4.69, 9.17) is 0 Å². The summed E-state index contributed by atoms with van der Waals surface area (Å²) in [5.74, 6) is -0.318. The van der Waals surface area contributed by atoms with Gasteiger partial charge in [0.1, 0.15) is 6.04 Å². The van der Waals surface area contributed by atoms with Crippen LogP contribution < -0.4 is 9.62 Å². The molecular weight excluding hydrogens is 474 g/mol. The van der Waals surface area contributed by atoms with Gasteiger partial charge in [-0.25, -0.2) is 8.42 Å². The summed E-state index contributed by atoms with van der Waals surface area (Å²) in [7, 11) is -3.51. The molecule has 0 aliphatic carbocycles. The number of aryl methyl sites for hydroxylation is 2. The fourth-order valence-electron chi connectivity index (χ4n) is 4.16. The van der Waals surface area contributed by atoms with Crippen LogP contribution in [0.5, 0.6) is 0 Å². The van der Waals surface area contributed by atoms with Crippen LogP contribution in [0.2, 0.25) is 0 Å². The molecule has 0 heterocycles. The van der Waals surface area contributed by atoms with Gasteiger partial charge in [0, 0.05) is 26.1 Å². The van der Waals surface area contributed by atoms with E-state index in [-0.39, 0.29) is 24.8 Å². The first-order valence-corrected chi connectivity index (χ1v) is 14.6. The molecule has 2 rings (SSSR count). The fourth-order valence-corrected chi connectivity index (χ4v) is 5.12. The molecule has 0 aliphatic rings. The van der Waals surface area contributed by atoms with Crippen molar-refractivity contribution in [2.45, 2.75) is 72.4 Å². The molecule has 2 aromatic carbocycles. The fraction of sp³-hybridized carbons (Fsp3) is 0.500. The van der Waals surface area contributed by atoms with Crippen molar-refractivity contribution < 1.29 is 18.0 Å². The van der Waals surface area contributed by atoms with Crippen molar-refractivity contribution in [3.05, 3.63) is 65.2 Å². The molecule has 2 aromatic rings. The summed E-state index contributed by atoms with van der Waals surface area (Å²) >= 11 is 0. The van der Waals surface area contributed by atoms with E-state index in [2.05, 4.69) is 5.32 Å². The van der Waals surface area contributed by atoms with Gasteiger partial charge in [-0.2, -0.15) is 0 Å². The maximum absolute atomic E-state index is 13.5. The van der Waals surface area contributed by atoms with Gasteiger partial charge in [0.05, 0.1) is 11.9 Å². The molecule has 0 fully saturated rings. The van der Waals surface area contributed by atoms with Crippen LogP contribution in [0.4, 0.5) is 5.69 Å². The van der Waals surface area contributed by atoms with Gasteiger partial charge in [0.2, 0.25) is 21.8 Å². The molecule has 0 spiro atoms. The Bertz CT molecular complexity index is 1100. The first-order valence-electron chi connectivity index (χ1n) is 12.8. The molecule has 0 saturated carbocycles. The Hall–Kier alpha value is -2.87. The van der Waals surface area contributed by atoms with Crippen LogP contribution in [-0.2, 0) is 32.6 Å². The monoisotopic (exact) mass is 515 g/mol. The number of hydrogen-bond donors (Lipinski definition) is 1. The lowest BCUT2D eigenvalue weighted by Crippen LogP contribution is -2.49. The first kappa shape index (κ1) is 29.4. The third-order valence-electron chi connectivity index (χ3n) is 6.32. The van der Waals surface area contributed by atoms with E-state index in [1.54, 1.807) is 17.0 Å². The predicted octanol–water partition coefficient (Wildman–Crippen LogP) is 4.44. The molecule has 7 nitrogen and oxygen atoms in total. The van der Waals surface area contributed by atoms with Crippen LogP contribution in [-0.4, -0.2) is 50.5 Å². The average Bonchev–Trinajstić information content (AvgIpc) is 2.85. The van der Waals surface area contributed by atoms with Crippen molar-refractivity contribution in [1.29, 1.82) is 0 Å². The minimum absolute atomic E-state index is 0.141. The van der Waals surface area contributed by atoms with Gasteiger partial charge < -0.3 is 10.2 Å². The molecule has 2 amide bonds. The Labute approximate surface area is 216 Å². The lowest BCUT2D eigenvalue weighted by atomic mass is 10.1. The standard InChI is InChI=1S/C28H41N3O4S/c1-6-19-29-28(33)26(8-3)30(21-24-13-10-9-12-22(24)4)27(32)14-11-20-31(36(5,34)35)25-17-15-23(7-2)16-18-25/h9-10,12-13,15-18,26H,6-8,11,14,19-21H2,1-5H3,(H,29,33)/t26-/m0/s1. The highest BCUT2D eigenvalue weighted by Crippen LogP contribution is 2.21. The second kappa shape index (κ2) is 14.0. The van der Waals surface area contributed by atoms with Crippen LogP contribution in [0.3, 0.4) is 0 Å². The molecule has 0 unspecified atom stereocenters. The number of nitrogens with zero attached hydrogens (tertiary/aromatic N) is 2. The number of nitrogens with one attached hydrogen (secondary N) is 1. The van der Waals surface area contributed by atoms with Crippen molar-refractivity contribution in [3.63, 3.8) is 0 Å². The summed E-state index contributed by atoms with van der Waals surface area (Å²) in [4.78, 5) is 28.0. The van der Waals surface area contributed by atoms with E-state index < -0.39 is 16.1 Å². The molecule has 0 aliphatic heterocycles. The van der Waals surface area contributed by atoms with E-state index in [0.717, 1.165) is 29.5 Å². The lowest BCUT2D eigenvalue weighted by molar-refractivity contribution is -0.141. The molecule has 0 radical (unpaired) electrons. The zero-order chi connectivity index (χ0) is 26.7. The van der Waals surface area contributed by atoms with Gasteiger partial charge in [0.25, 0.3) is 0 Å². The van der Waals surface area contributed by atoms with Crippen molar-refractivity contribution in [2.75, 3.05) is 23.7 Å². The van der Waals surface area contributed by atoms with Crippen molar-refractivity contribution in [2.24, 2.45) is 0 Å². The number of carbonyl (C=O) groups is 2. The maximum Gasteiger partial charge on any atom is 0.242 e. The second-order valence-corrected chi connectivity index (χ2v) is 11.0. The number of carbonyl (C=O) groups excluding carboxylic acids is 2. The van der Waals surface area contributed by atoms with Crippen LogP contribution in [0.1, 0.15) is 63.1 Å². The highest BCUT2D eigenvalue weighted by atomic mass is 32.2. The van der Waals surface area contributed by atoms with Gasteiger partial charge in [0.15, 0.2) is 0 Å². The summed E-state index contributed by atoms with van der Waals surface area (Å²) in [6.45, 7) is 9.00. The molecular formula is C28H41N3O4S. The van der Waals surface area contributed by atoms with Crippen molar-refractivity contribution in [3.8, 4) is 0 Å². The smallest absolute Gasteiger partial charge is 0.242 e. The van der Waals surface area contributed by atoms with Gasteiger partial charge in [-0.1, -0.05) is 57.2 Å². The number of sulfonamides is 1. The second-order valence-electron chi connectivity index (χ2n) is 9.12. The van der Waals surface area contributed by atoms with Crippen molar-refractivity contribution in [1.82, 2.24) is 10.2 Å². The maximum atomic E-state index is 13.5. The van der Waals surface area contributed by atoms with E-state index in [9.17, 15) is 18.0 Å². The number of anilines is 1. The molecule has 8 heteroatoms. The molecule has 1 N–H and O–H groups in total. The third kappa shape index (κ3) is 8.36. The average molecular weight is 516 g/mol. The highest BCUT2D eigenvalue weighted by Gasteiger charge is 2.29. The van der Waals surface area contributed by atoms with E-state index >= 15 is 0 Å². The summed E-state index contributed by atoms with van der Waals surface area (Å²) in [5.41, 5.74) is 3.75. The van der Waals surface area contributed by atoms with E-state index in [0.29, 0.717) is 31.6 Å². The number of amides is 2. The minimum atomic E-state index is -3.51. The summed E-state index contributed by atoms with van der Waals surface area (Å²) in [5, 5.41) is 2.92. The quantitative estimate of drug-likeness (QED) is 0.403. The Kier molecular flexibility index (Phi) is 11.4. The Balaban J connectivity index is 2.20. The zero-order valence-corrected chi connectivity index (χ0v) is 23.1. The number of rotatable bonds is 14. The van der Waals surface area contributed by atoms with Crippen LogP contribution in [0, 0.1) is 6.92 Å². The normalized spacial score (nSPS) is 12.1. The predicted molar refractivity (Wildman–Crippen MR) is 146 cm³/mol. The molecule has 0 saturated heterocycles.